The monoisotopic (exact) mass is 397 g/mol. The summed E-state index contributed by atoms with van der Waals surface area (Å²) in [5.74, 6) is -2.29. The number of likely N-dealkylation sites (N-methyl/N-ethyl adjacent to an activating group) is 1. The second-order valence-electron chi connectivity index (χ2n) is 7.21. The number of nitrogens with one attached hydrogen (secondary N) is 1. The summed E-state index contributed by atoms with van der Waals surface area (Å²) in [6, 6.07) is 6.05. The zero-order chi connectivity index (χ0) is 19.6. The molecule has 8 N–H and O–H groups in total. The molecule has 0 aliphatic carbocycles. The maximum absolute atomic E-state index is 13.3. The summed E-state index contributed by atoms with van der Waals surface area (Å²) in [5, 5.41) is 12.7. The predicted molar refractivity (Wildman–Crippen MR) is 104 cm³/mol. The van der Waals surface area contributed by atoms with Crippen molar-refractivity contribution in [1.82, 2.24) is 10.2 Å². The SMILES string of the molecule is CC(C)[C@H](O)C(=O)N[C@@]1(C(=O)[C@H](C)N)C(=O)N(C)CCc2ccccc21.O.O. The smallest absolute Gasteiger partial charge is 0.260 e. The maximum Gasteiger partial charge on any atom is 0.260 e. The fourth-order valence-electron chi connectivity index (χ4n) is 3.22. The molecule has 1 aromatic carbocycles. The number of amides is 2. The highest BCUT2D eigenvalue weighted by Gasteiger charge is 2.53. The summed E-state index contributed by atoms with van der Waals surface area (Å²) in [5.41, 5.74) is 5.11. The highest BCUT2D eigenvalue weighted by molar-refractivity contribution is 6.15. The van der Waals surface area contributed by atoms with Crippen LogP contribution in [0.25, 0.3) is 0 Å². The van der Waals surface area contributed by atoms with Gasteiger partial charge >= 0.3 is 0 Å². The van der Waals surface area contributed by atoms with Gasteiger partial charge in [-0.2, -0.15) is 0 Å². The number of nitrogens with two attached hydrogens (primary N) is 1. The van der Waals surface area contributed by atoms with E-state index in [1.807, 2.05) is 12.1 Å². The Labute approximate surface area is 164 Å². The Balaban J connectivity index is 0.00000364. The van der Waals surface area contributed by atoms with Gasteiger partial charge in [-0.3, -0.25) is 14.4 Å². The molecule has 1 aliphatic rings. The molecule has 1 aromatic rings. The molecule has 0 spiro atoms. The number of hydrogen-bond acceptors (Lipinski definition) is 5. The summed E-state index contributed by atoms with van der Waals surface area (Å²) in [6.45, 7) is 5.25. The highest BCUT2D eigenvalue weighted by atomic mass is 16.3. The van der Waals surface area contributed by atoms with Gasteiger partial charge in [0.2, 0.25) is 5.54 Å². The van der Waals surface area contributed by atoms with Crippen LogP contribution in [0.15, 0.2) is 24.3 Å². The Morgan fingerprint density at radius 3 is 2.32 bits per heavy atom. The van der Waals surface area contributed by atoms with E-state index in [1.54, 1.807) is 33.0 Å². The standard InChI is InChI=1S/C19H27N3O4.2H2O/c1-11(2)15(23)17(25)21-19(16(24)12(3)20)14-8-6-5-7-13(14)9-10-22(4)18(19)26;;/h5-8,11-12,15,23H,9-10,20H2,1-4H3,(H,21,25);2*1H2/t12-,15-,19-;;/m0../s1. The third-order valence-electron chi connectivity index (χ3n) is 4.80. The molecular weight excluding hydrogens is 366 g/mol. The molecule has 158 valence electrons. The van der Waals surface area contributed by atoms with E-state index in [2.05, 4.69) is 5.32 Å². The lowest BCUT2D eigenvalue weighted by Crippen LogP contribution is -2.65. The van der Waals surface area contributed by atoms with Gasteiger partial charge in [0.25, 0.3) is 11.8 Å². The number of carbonyl (C=O) groups is 3. The third kappa shape index (κ3) is 4.39. The molecule has 0 saturated heterocycles. The highest BCUT2D eigenvalue weighted by Crippen LogP contribution is 2.32. The first kappa shape index (κ1) is 25.7. The summed E-state index contributed by atoms with van der Waals surface area (Å²) < 4.78 is 0. The van der Waals surface area contributed by atoms with Gasteiger partial charge in [-0.05, 0) is 30.4 Å². The van der Waals surface area contributed by atoms with Gasteiger partial charge in [-0.1, -0.05) is 38.1 Å². The number of benzene rings is 1. The van der Waals surface area contributed by atoms with Crippen molar-refractivity contribution in [1.29, 1.82) is 0 Å². The first-order valence-electron chi connectivity index (χ1n) is 8.76. The molecule has 3 atom stereocenters. The first-order chi connectivity index (χ1) is 12.1. The Kier molecular flexibility index (Phi) is 8.93. The lowest BCUT2D eigenvalue weighted by molar-refractivity contribution is -0.150. The Bertz CT molecular complexity index is 721. The largest absolute Gasteiger partial charge is 0.412 e. The number of nitrogens with zero attached hydrogens (tertiary/aromatic N) is 1. The molecule has 28 heavy (non-hydrogen) atoms. The second-order valence-corrected chi connectivity index (χ2v) is 7.21. The number of hydrogen-bond donors (Lipinski definition) is 3. The van der Waals surface area contributed by atoms with Crippen molar-refractivity contribution in [3.05, 3.63) is 35.4 Å². The van der Waals surface area contributed by atoms with Gasteiger partial charge in [0.1, 0.15) is 6.10 Å². The van der Waals surface area contributed by atoms with Crippen LogP contribution in [0, 0.1) is 5.92 Å². The molecule has 9 heteroatoms. The minimum atomic E-state index is -1.94. The van der Waals surface area contributed by atoms with Gasteiger partial charge in [-0.15, -0.1) is 0 Å². The van der Waals surface area contributed by atoms with E-state index >= 15 is 0 Å². The quantitative estimate of drug-likeness (QED) is 0.501. The van der Waals surface area contributed by atoms with Crippen LogP contribution < -0.4 is 11.1 Å². The zero-order valence-electron chi connectivity index (χ0n) is 16.7. The lowest BCUT2D eigenvalue weighted by atomic mass is 9.79. The van der Waals surface area contributed by atoms with Crippen LogP contribution in [0.4, 0.5) is 0 Å². The van der Waals surface area contributed by atoms with E-state index in [9.17, 15) is 19.5 Å². The van der Waals surface area contributed by atoms with E-state index in [-0.39, 0.29) is 16.9 Å². The van der Waals surface area contributed by atoms with Crippen LogP contribution in [0.1, 0.15) is 31.9 Å². The molecule has 0 fully saturated rings. The normalized spacial score (nSPS) is 20.8. The van der Waals surface area contributed by atoms with Crippen molar-refractivity contribution in [3.8, 4) is 0 Å². The molecule has 0 bridgehead atoms. The van der Waals surface area contributed by atoms with Crippen LogP contribution in [0.5, 0.6) is 0 Å². The molecule has 2 rings (SSSR count). The maximum atomic E-state index is 13.3. The molecule has 2 amide bonds. The fourth-order valence-corrected chi connectivity index (χ4v) is 3.22. The minimum Gasteiger partial charge on any atom is -0.412 e. The van der Waals surface area contributed by atoms with E-state index in [4.69, 9.17) is 5.73 Å². The number of rotatable bonds is 5. The Hall–Kier alpha value is -2.33. The number of fused-ring (bicyclic) bond motifs is 1. The van der Waals surface area contributed by atoms with Crippen LogP contribution in [0.3, 0.4) is 0 Å². The second kappa shape index (κ2) is 9.74. The molecular formula is C19H31N3O6. The van der Waals surface area contributed by atoms with Crippen molar-refractivity contribution in [3.63, 3.8) is 0 Å². The van der Waals surface area contributed by atoms with Crippen LogP contribution in [0.2, 0.25) is 0 Å². The first-order valence-corrected chi connectivity index (χ1v) is 8.76. The Morgan fingerprint density at radius 1 is 1.21 bits per heavy atom. The molecule has 1 aliphatic heterocycles. The van der Waals surface area contributed by atoms with Gasteiger partial charge in [-0.25, -0.2) is 0 Å². The number of aliphatic hydroxyl groups is 1. The minimum absolute atomic E-state index is 0. The number of Topliss-reactive ketones (excluding diaryl/α,β-unsaturated/α-hetero) is 1. The number of aliphatic hydroxyl groups excluding tert-OH is 1. The summed E-state index contributed by atoms with van der Waals surface area (Å²) in [7, 11) is 1.59. The number of carbonyl (C=O) groups excluding carboxylic acids is 3. The van der Waals surface area contributed by atoms with Crippen molar-refractivity contribution in [2.45, 2.75) is 44.9 Å². The summed E-state index contributed by atoms with van der Waals surface area (Å²) in [4.78, 5) is 40.5. The van der Waals surface area contributed by atoms with Crippen LogP contribution in [-0.4, -0.2) is 64.3 Å². The molecule has 0 saturated carbocycles. The molecule has 0 unspecified atom stereocenters. The van der Waals surface area contributed by atoms with E-state index < -0.39 is 35.3 Å². The van der Waals surface area contributed by atoms with E-state index in [0.29, 0.717) is 18.5 Å². The van der Waals surface area contributed by atoms with E-state index in [0.717, 1.165) is 5.56 Å². The number of ketones is 1. The molecule has 9 nitrogen and oxygen atoms in total. The van der Waals surface area contributed by atoms with Gasteiger partial charge in [0.05, 0.1) is 6.04 Å². The lowest BCUT2D eigenvalue weighted by Gasteiger charge is -2.36. The van der Waals surface area contributed by atoms with Crippen LogP contribution >= 0.6 is 0 Å². The van der Waals surface area contributed by atoms with Crippen molar-refractivity contribution in [2.24, 2.45) is 11.7 Å². The average Bonchev–Trinajstić information content (AvgIpc) is 2.71. The predicted octanol–water partition coefficient (Wildman–Crippen LogP) is -1.70. The van der Waals surface area contributed by atoms with Crippen LogP contribution in [-0.2, 0) is 26.3 Å². The topological polar surface area (TPSA) is 176 Å². The van der Waals surface area contributed by atoms with E-state index in [1.165, 1.54) is 11.8 Å². The van der Waals surface area contributed by atoms with Gasteiger partial charge < -0.3 is 32.0 Å². The third-order valence-corrected chi connectivity index (χ3v) is 4.80. The zero-order valence-corrected chi connectivity index (χ0v) is 16.7. The average molecular weight is 397 g/mol. The van der Waals surface area contributed by atoms with Gasteiger partial charge in [0.15, 0.2) is 5.78 Å². The molecule has 0 radical (unpaired) electrons. The summed E-state index contributed by atoms with van der Waals surface area (Å²) in [6.07, 6.45) is -0.795. The molecule has 1 heterocycles. The van der Waals surface area contributed by atoms with Crippen molar-refractivity contribution < 1.29 is 30.4 Å². The van der Waals surface area contributed by atoms with Gasteiger partial charge in [0, 0.05) is 13.6 Å². The van der Waals surface area contributed by atoms with Crippen molar-refractivity contribution in [2.75, 3.05) is 13.6 Å². The fraction of sp³-hybridized carbons (Fsp3) is 0.526. The summed E-state index contributed by atoms with van der Waals surface area (Å²) >= 11 is 0. The molecule has 0 aromatic heterocycles. The van der Waals surface area contributed by atoms with Crippen molar-refractivity contribution >= 4 is 17.6 Å². The Morgan fingerprint density at radius 2 is 1.79 bits per heavy atom.